The van der Waals surface area contributed by atoms with Gasteiger partial charge < -0.3 is 15.5 Å². The highest BCUT2D eigenvalue weighted by atomic mass is 19.2. The fourth-order valence-corrected chi connectivity index (χ4v) is 3.32. The third-order valence-corrected chi connectivity index (χ3v) is 4.49. The van der Waals surface area contributed by atoms with Crippen LogP contribution in [0.1, 0.15) is 24.7 Å². The number of rotatable bonds is 1. The average molecular weight is 350 g/mol. The molecule has 0 saturated heterocycles. The Morgan fingerprint density at radius 1 is 1.20 bits per heavy atom. The van der Waals surface area contributed by atoms with Crippen LogP contribution in [0.4, 0.5) is 13.2 Å². The molecule has 132 valence electrons. The van der Waals surface area contributed by atoms with E-state index in [0.717, 1.165) is 11.6 Å². The van der Waals surface area contributed by atoms with Crippen LogP contribution >= 0.6 is 0 Å². The molecule has 0 amide bonds. The number of hydrogen-bond donors (Lipinski definition) is 1. The molecule has 25 heavy (non-hydrogen) atoms. The first-order valence-electron chi connectivity index (χ1n) is 7.42. The molecule has 0 aliphatic carbocycles. The molecule has 0 saturated carbocycles. The van der Waals surface area contributed by atoms with Gasteiger partial charge in [-0.25, -0.2) is 18.2 Å². The first-order chi connectivity index (χ1) is 11.4. The van der Waals surface area contributed by atoms with Gasteiger partial charge >= 0.3 is 0 Å². The quantitative estimate of drug-likeness (QED) is 0.416. The molecule has 1 aromatic carbocycles. The fraction of sp³-hybridized carbons (Fsp3) is 0.294. The van der Waals surface area contributed by atoms with E-state index in [2.05, 4.69) is 4.98 Å². The van der Waals surface area contributed by atoms with Gasteiger partial charge in [0.2, 0.25) is 6.20 Å². The molecule has 0 spiro atoms. The number of benzene rings is 1. The van der Waals surface area contributed by atoms with Crippen molar-refractivity contribution in [2.24, 2.45) is 5.73 Å². The Morgan fingerprint density at radius 2 is 1.92 bits per heavy atom. The highest BCUT2D eigenvalue weighted by molar-refractivity contribution is 5.74. The predicted molar refractivity (Wildman–Crippen MR) is 86.2 cm³/mol. The summed E-state index contributed by atoms with van der Waals surface area (Å²) >= 11 is 0. The Kier molecular flexibility index (Phi) is 4.16. The second kappa shape index (κ2) is 6.03. The number of imidazole rings is 1. The van der Waals surface area contributed by atoms with Gasteiger partial charge in [-0.3, -0.25) is 0 Å². The van der Waals surface area contributed by atoms with E-state index in [1.807, 2.05) is 4.57 Å². The number of hydrogen-bond acceptors (Lipinski definition) is 3. The van der Waals surface area contributed by atoms with Gasteiger partial charge in [-0.15, -0.1) is 0 Å². The Labute approximate surface area is 142 Å². The maximum atomic E-state index is 14.1. The van der Waals surface area contributed by atoms with E-state index in [4.69, 9.17) is 5.73 Å². The molecule has 2 aromatic heterocycles. The Morgan fingerprint density at radius 3 is 2.68 bits per heavy atom. The smallest absolute Gasteiger partial charge is 0.208 e. The predicted octanol–water partition coefficient (Wildman–Crippen LogP) is 2.39. The summed E-state index contributed by atoms with van der Waals surface area (Å²) in [4.78, 5) is 4.39. The van der Waals surface area contributed by atoms with Crippen molar-refractivity contribution in [2.75, 3.05) is 0 Å². The molecule has 5 nitrogen and oxygen atoms in total. The molecule has 3 aromatic rings. The maximum Gasteiger partial charge on any atom is 0.208 e. The minimum absolute atomic E-state index is 0. The highest BCUT2D eigenvalue weighted by Crippen LogP contribution is 2.33. The van der Waals surface area contributed by atoms with E-state index in [1.165, 1.54) is 12.4 Å². The molecule has 1 unspecified atom stereocenters. The lowest BCUT2D eigenvalue weighted by Crippen LogP contribution is -2.39. The minimum Gasteiger partial charge on any atom is -0.619 e. The standard InChI is InChI=1S/C16H13F3N4O.CH4/c17-10-5-12(19)11(18)3-8(10)9-4-16-21-14-7-22(24)2-1-15(14)23(16)6-13(9)20;/h1-3,5,7,9,13H,4,6,20H2;1H4/t9?,13-;/m0./s1. The summed E-state index contributed by atoms with van der Waals surface area (Å²) in [5.74, 6) is -3.05. The van der Waals surface area contributed by atoms with Crippen LogP contribution in [0.2, 0.25) is 0 Å². The Balaban J connectivity index is 0.00000182. The zero-order chi connectivity index (χ0) is 17.0. The molecule has 8 heteroatoms. The summed E-state index contributed by atoms with van der Waals surface area (Å²) in [6.07, 6.45) is 2.99. The average Bonchev–Trinajstić information content (AvgIpc) is 2.86. The summed E-state index contributed by atoms with van der Waals surface area (Å²) in [5.41, 5.74) is 7.48. The van der Waals surface area contributed by atoms with Crippen LogP contribution in [0, 0.1) is 22.7 Å². The van der Waals surface area contributed by atoms with Gasteiger partial charge in [0, 0.05) is 37.1 Å². The SMILES string of the molecule is C.N[C@H]1Cn2c(nc3c[n+]([O-])ccc32)CC1c1cc(F)c(F)cc1F. The van der Waals surface area contributed by atoms with Gasteiger partial charge in [0.1, 0.15) is 11.6 Å². The van der Waals surface area contributed by atoms with Crippen LogP contribution in [-0.2, 0) is 13.0 Å². The first-order valence-corrected chi connectivity index (χ1v) is 7.42. The molecule has 1 aliphatic rings. The molecule has 2 N–H and O–H groups in total. The molecule has 2 atom stereocenters. The lowest BCUT2D eigenvalue weighted by molar-refractivity contribution is -0.604. The Hall–Kier alpha value is -2.61. The van der Waals surface area contributed by atoms with Crippen LogP contribution in [-0.4, -0.2) is 15.6 Å². The van der Waals surface area contributed by atoms with Crippen molar-refractivity contribution < 1.29 is 17.9 Å². The summed E-state index contributed by atoms with van der Waals surface area (Å²) in [6.45, 7) is 0.345. The van der Waals surface area contributed by atoms with E-state index < -0.39 is 29.4 Å². The van der Waals surface area contributed by atoms with Crippen LogP contribution in [0.5, 0.6) is 0 Å². The fourth-order valence-electron chi connectivity index (χ4n) is 3.32. The number of nitrogens with zero attached hydrogens (tertiary/aromatic N) is 3. The van der Waals surface area contributed by atoms with Crippen molar-refractivity contribution in [1.82, 2.24) is 9.55 Å². The lowest BCUT2D eigenvalue weighted by Gasteiger charge is -2.30. The van der Waals surface area contributed by atoms with Crippen molar-refractivity contribution >= 4 is 11.0 Å². The van der Waals surface area contributed by atoms with Crippen LogP contribution in [0.3, 0.4) is 0 Å². The van der Waals surface area contributed by atoms with E-state index in [-0.39, 0.29) is 19.4 Å². The molecule has 1 aliphatic heterocycles. The summed E-state index contributed by atoms with van der Waals surface area (Å²) in [7, 11) is 0. The monoisotopic (exact) mass is 350 g/mol. The number of halogens is 3. The third kappa shape index (κ3) is 2.72. The molecule has 0 fully saturated rings. The molecular weight excluding hydrogens is 333 g/mol. The normalized spacial score (nSPS) is 19.5. The molecule has 0 bridgehead atoms. The summed E-state index contributed by atoms with van der Waals surface area (Å²) in [5, 5.41) is 11.4. The van der Waals surface area contributed by atoms with Crippen LogP contribution in [0.15, 0.2) is 30.6 Å². The number of pyridine rings is 1. The summed E-state index contributed by atoms with van der Waals surface area (Å²) in [6, 6.07) is 2.55. The number of nitrogens with two attached hydrogens (primary N) is 1. The van der Waals surface area contributed by atoms with Crippen LogP contribution in [0.25, 0.3) is 11.0 Å². The largest absolute Gasteiger partial charge is 0.619 e. The third-order valence-electron chi connectivity index (χ3n) is 4.49. The molecule has 3 heterocycles. The van der Waals surface area contributed by atoms with Gasteiger partial charge in [0.15, 0.2) is 23.3 Å². The van der Waals surface area contributed by atoms with Crippen molar-refractivity contribution in [3.63, 3.8) is 0 Å². The van der Waals surface area contributed by atoms with E-state index in [1.54, 1.807) is 6.07 Å². The van der Waals surface area contributed by atoms with E-state index >= 15 is 0 Å². The maximum absolute atomic E-state index is 14.1. The van der Waals surface area contributed by atoms with Crippen molar-refractivity contribution in [3.05, 3.63) is 64.6 Å². The first kappa shape index (κ1) is 17.2. The van der Waals surface area contributed by atoms with Crippen LogP contribution < -0.4 is 10.5 Å². The zero-order valence-corrected chi connectivity index (χ0v) is 12.4. The number of aromatic nitrogens is 3. The second-order valence-corrected chi connectivity index (χ2v) is 5.98. The van der Waals surface area contributed by atoms with Crippen molar-refractivity contribution in [3.8, 4) is 0 Å². The lowest BCUT2D eigenvalue weighted by atomic mass is 9.86. The minimum atomic E-state index is -1.23. The van der Waals surface area contributed by atoms with Gasteiger partial charge in [0.25, 0.3) is 0 Å². The van der Waals surface area contributed by atoms with Gasteiger partial charge in [0.05, 0.1) is 5.52 Å². The molecule has 0 radical (unpaired) electrons. The van der Waals surface area contributed by atoms with E-state index in [0.29, 0.717) is 28.7 Å². The van der Waals surface area contributed by atoms with Crippen molar-refractivity contribution in [1.29, 1.82) is 0 Å². The van der Waals surface area contributed by atoms with Crippen molar-refractivity contribution in [2.45, 2.75) is 32.4 Å². The topological polar surface area (TPSA) is 70.8 Å². The highest BCUT2D eigenvalue weighted by Gasteiger charge is 2.32. The summed E-state index contributed by atoms with van der Waals surface area (Å²) < 4.78 is 43.3. The van der Waals surface area contributed by atoms with E-state index in [9.17, 15) is 18.4 Å². The van der Waals surface area contributed by atoms with Gasteiger partial charge in [-0.2, -0.15) is 4.73 Å². The second-order valence-electron chi connectivity index (χ2n) is 5.98. The molecule has 4 rings (SSSR count). The van der Waals surface area contributed by atoms with Gasteiger partial charge in [-0.05, 0) is 11.6 Å². The number of fused-ring (bicyclic) bond motifs is 3. The van der Waals surface area contributed by atoms with Gasteiger partial charge in [-0.1, -0.05) is 7.43 Å². The zero-order valence-electron chi connectivity index (χ0n) is 12.4. The Bertz CT molecular complexity index is 957. The molecular formula is C17H17F3N4O.